The molecule has 222 valence electrons. The molecule has 3 aromatic rings. The van der Waals surface area contributed by atoms with Crippen molar-refractivity contribution >= 4 is 54.2 Å². The van der Waals surface area contributed by atoms with Crippen LogP contribution >= 0.6 is 11.3 Å². The molecule has 2 N–H and O–H groups in total. The molecule has 41 heavy (non-hydrogen) atoms. The van der Waals surface area contributed by atoms with E-state index in [1.165, 1.54) is 15.6 Å². The molecule has 1 saturated heterocycles. The van der Waals surface area contributed by atoms with E-state index in [9.17, 15) is 26.8 Å². The number of methoxy groups -OCH3 is 1. The van der Waals surface area contributed by atoms with E-state index in [-0.39, 0.29) is 23.8 Å². The molecule has 9 nitrogen and oxygen atoms in total. The van der Waals surface area contributed by atoms with Crippen LogP contribution in [0.25, 0.3) is 10.2 Å². The first-order chi connectivity index (χ1) is 19.6. The van der Waals surface area contributed by atoms with E-state index in [0.29, 0.717) is 46.8 Å². The number of unbranched alkanes of at least 4 members (excludes halogenated alkanes) is 4. The van der Waals surface area contributed by atoms with Crippen LogP contribution in [0.5, 0.6) is 5.75 Å². The molecule has 1 unspecified atom stereocenters. The number of amides is 2. The van der Waals surface area contributed by atoms with Crippen LogP contribution in [0.4, 0.5) is 19.6 Å². The highest BCUT2D eigenvalue weighted by atomic mass is 32.2. The fourth-order valence-electron chi connectivity index (χ4n) is 4.78. The van der Waals surface area contributed by atoms with Gasteiger partial charge in [-0.1, -0.05) is 43.9 Å². The summed E-state index contributed by atoms with van der Waals surface area (Å²) in [6, 6.07) is 6.85. The van der Waals surface area contributed by atoms with Crippen molar-refractivity contribution in [3.8, 4) is 5.75 Å². The number of piperidine rings is 1. The average Bonchev–Trinajstić information content (AvgIpc) is 3.34. The largest absolute Gasteiger partial charge is 0.491 e. The van der Waals surface area contributed by atoms with Crippen LogP contribution < -0.4 is 15.4 Å². The molecule has 2 heterocycles. The highest BCUT2D eigenvalue weighted by molar-refractivity contribution is 7.89. The van der Waals surface area contributed by atoms with E-state index in [0.717, 1.165) is 44.9 Å². The molecule has 0 bridgehead atoms. The van der Waals surface area contributed by atoms with Crippen molar-refractivity contribution in [2.45, 2.75) is 51.9 Å². The number of hydrogen-bond donors (Lipinski definition) is 2. The van der Waals surface area contributed by atoms with Crippen molar-refractivity contribution in [1.29, 1.82) is 0 Å². The van der Waals surface area contributed by atoms with Crippen molar-refractivity contribution in [1.82, 2.24) is 9.29 Å². The van der Waals surface area contributed by atoms with Gasteiger partial charge in [-0.25, -0.2) is 26.5 Å². The molecular formula is C28H34F2N4O5S2. The molecule has 0 saturated carbocycles. The number of carbonyl (C=O) groups excluding carboxylic acids is 2. The lowest BCUT2D eigenvalue weighted by atomic mass is 9.99. The van der Waals surface area contributed by atoms with E-state index in [1.54, 1.807) is 18.2 Å². The summed E-state index contributed by atoms with van der Waals surface area (Å²) in [4.78, 5) is 30.1. The molecule has 0 radical (unpaired) electrons. The molecule has 1 atom stereocenters. The summed E-state index contributed by atoms with van der Waals surface area (Å²) in [5.41, 5.74) is 0.559. The van der Waals surface area contributed by atoms with Gasteiger partial charge in [-0.2, -0.15) is 0 Å². The Morgan fingerprint density at radius 1 is 1.12 bits per heavy atom. The van der Waals surface area contributed by atoms with Crippen LogP contribution in [0.2, 0.25) is 0 Å². The zero-order chi connectivity index (χ0) is 29.6. The van der Waals surface area contributed by atoms with Gasteiger partial charge in [0.25, 0.3) is 5.91 Å². The molecule has 1 aliphatic rings. The first-order valence-electron chi connectivity index (χ1n) is 13.7. The number of thiazole rings is 1. The minimum Gasteiger partial charge on any atom is -0.491 e. The van der Waals surface area contributed by atoms with Gasteiger partial charge in [0.15, 0.2) is 22.5 Å². The first kappa shape index (κ1) is 30.8. The molecule has 2 aromatic carbocycles. The summed E-state index contributed by atoms with van der Waals surface area (Å²) >= 11 is 1.19. The summed E-state index contributed by atoms with van der Waals surface area (Å²) in [5.74, 6) is -4.11. The smallest absolute Gasteiger partial charge is 0.258 e. The second-order valence-corrected chi connectivity index (χ2v) is 13.1. The predicted molar refractivity (Wildman–Crippen MR) is 156 cm³/mol. The monoisotopic (exact) mass is 608 g/mol. The van der Waals surface area contributed by atoms with Crippen molar-refractivity contribution in [2.75, 3.05) is 36.6 Å². The van der Waals surface area contributed by atoms with Gasteiger partial charge >= 0.3 is 0 Å². The molecule has 0 spiro atoms. The topological polar surface area (TPSA) is 118 Å². The number of sulfonamides is 1. The van der Waals surface area contributed by atoms with Crippen molar-refractivity contribution in [2.24, 2.45) is 5.92 Å². The summed E-state index contributed by atoms with van der Waals surface area (Å²) < 4.78 is 60.7. The maximum atomic E-state index is 14.5. The highest BCUT2D eigenvalue weighted by Crippen LogP contribution is 2.31. The van der Waals surface area contributed by atoms with E-state index in [1.807, 2.05) is 0 Å². The number of hydrogen-bond acceptors (Lipinski definition) is 7. The molecular weight excluding hydrogens is 574 g/mol. The number of fused-ring (bicyclic) bond motifs is 1. The van der Waals surface area contributed by atoms with E-state index in [4.69, 9.17) is 4.74 Å². The quantitative estimate of drug-likeness (QED) is 0.252. The minimum absolute atomic E-state index is 0.100. The van der Waals surface area contributed by atoms with Gasteiger partial charge in [-0.05, 0) is 49.6 Å². The zero-order valence-corrected chi connectivity index (χ0v) is 24.7. The fourth-order valence-corrected chi connectivity index (χ4v) is 7.33. The Morgan fingerprint density at radius 2 is 1.90 bits per heavy atom. The third kappa shape index (κ3) is 7.57. The molecule has 0 aliphatic carbocycles. The normalized spacial score (nSPS) is 16.0. The molecule has 2 amide bonds. The predicted octanol–water partition coefficient (Wildman–Crippen LogP) is 5.79. The number of ether oxygens (including phenoxy) is 1. The summed E-state index contributed by atoms with van der Waals surface area (Å²) in [7, 11) is -2.31. The Morgan fingerprint density at radius 3 is 2.66 bits per heavy atom. The van der Waals surface area contributed by atoms with Crippen molar-refractivity contribution in [3.63, 3.8) is 0 Å². The molecule has 13 heteroatoms. The molecule has 1 fully saturated rings. The Kier molecular flexibility index (Phi) is 10.3. The van der Waals surface area contributed by atoms with E-state index < -0.39 is 39.2 Å². The van der Waals surface area contributed by atoms with Gasteiger partial charge in [0.05, 0.1) is 34.6 Å². The number of nitrogens with one attached hydrogen (secondary N) is 2. The lowest BCUT2D eigenvalue weighted by Crippen LogP contribution is -2.44. The number of anilines is 2. The Hall–Kier alpha value is -3.16. The Bertz CT molecular complexity index is 1510. The SMILES string of the molecule is CCCCCCCS(=O)(=O)N1CCCC(C(=O)Nc2nc3ccc(NC(=O)c4ccc(F)c(OC)c4F)cc3s2)C1. The van der Waals surface area contributed by atoms with Crippen LogP contribution in [-0.4, -0.2) is 55.5 Å². The maximum Gasteiger partial charge on any atom is 0.258 e. The fraction of sp³-hybridized carbons (Fsp3) is 0.464. The van der Waals surface area contributed by atoms with Crippen LogP contribution in [0, 0.1) is 17.6 Å². The van der Waals surface area contributed by atoms with Crippen LogP contribution in [0.3, 0.4) is 0 Å². The van der Waals surface area contributed by atoms with Gasteiger partial charge < -0.3 is 15.4 Å². The second kappa shape index (κ2) is 13.7. The summed E-state index contributed by atoms with van der Waals surface area (Å²) in [6.45, 7) is 2.68. The van der Waals surface area contributed by atoms with Gasteiger partial charge in [-0.15, -0.1) is 0 Å². The zero-order valence-electron chi connectivity index (χ0n) is 23.0. The van der Waals surface area contributed by atoms with E-state index >= 15 is 0 Å². The second-order valence-electron chi connectivity index (χ2n) is 10.0. The molecule has 1 aliphatic heterocycles. The Balaban J connectivity index is 1.38. The Labute approximate surface area is 242 Å². The third-order valence-electron chi connectivity index (χ3n) is 7.03. The number of carbonyl (C=O) groups is 2. The number of halogens is 2. The van der Waals surface area contributed by atoms with Gasteiger partial charge in [0.2, 0.25) is 15.9 Å². The first-order valence-corrected chi connectivity index (χ1v) is 16.1. The number of nitrogens with zero attached hydrogens (tertiary/aromatic N) is 2. The number of aromatic nitrogens is 1. The summed E-state index contributed by atoms with van der Waals surface area (Å²) in [5, 5.41) is 5.74. The highest BCUT2D eigenvalue weighted by Gasteiger charge is 2.32. The standard InChI is InChI=1S/C28H34F2N4O5S2/c1-3-4-5-6-7-15-41(37,38)34-14-8-9-18(17-34)26(35)33-28-32-22-13-10-19(16-23(22)40-28)31-27(36)20-11-12-21(29)25(39-2)24(20)30/h10-13,16,18H,3-9,14-15,17H2,1-2H3,(H,31,36)(H,32,33,35). The van der Waals surface area contributed by atoms with Crippen molar-refractivity contribution in [3.05, 3.63) is 47.5 Å². The molecule has 1 aromatic heterocycles. The number of rotatable bonds is 12. The number of benzene rings is 2. The lowest BCUT2D eigenvalue weighted by molar-refractivity contribution is -0.120. The van der Waals surface area contributed by atoms with Gasteiger partial charge in [0, 0.05) is 18.8 Å². The van der Waals surface area contributed by atoms with Crippen LogP contribution in [-0.2, 0) is 14.8 Å². The molecule has 4 rings (SSSR count). The van der Waals surface area contributed by atoms with Gasteiger partial charge in [-0.3, -0.25) is 9.59 Å². The van der Waals surface area contributed by atoms with Crippen LogP contribution in [0.15, 0.2) is 30.3 Å². The average molecular weight is 609 g/mol. The minimum atomic E-state index is -3.42. The van der Waals surface area contributed by atoms with Crippen molar-refractivity contribution < 1.29 is 31.5 Å². The third-order valence-corrected chi connectivity index (χ3v) is 9.89. The maximum absolute atomic E-state index is 14.5. The lowest BCUT2D eigenvalue weighted by Gasteiger charge is -2.31. The summed E-state index contributed by atoms with van der Waals surface area (Å²) in [6.07, 6.45) is 5.91. The van der Waals surface area contributed by atoms with E-state index in [2.05, 4.69) is 22.5 Å². The van der Waals surface area contributed by atoms with Crippen LogP contribution in [0.1, 0.15) is 62.2 Å². The van der Waals surface area contributed by atoms with Gasteiger partial charge in [0.1, 0.15) is 0 Å².